The molecule has 0 saturated carbocycles. The normalized spacial score (nSPS) is 27.5. The van der Waals surface area contributed by atoms with Crippen LogP contribution in [0.25, 0.3) is 0 Å². The summed E-state index contributed by atoms with van der Waals surface area (Å²) in [6, 6.07) is 5.48. The Hall–Kier alpha value is -2.61. The van der Waals surface area contributed by atoms with Gasteiger partial charge in [-0.25, -0.2) is 9.59 Å². The summed E-state index contributed by atoms with van der Waals surface area (Å²) in [5, 5.41) is 12.8. The van der Waals surface area contributed by atoms with Crippen LogP contribution in [0.5, 0.6) is 0 Å². The third kappa shape index (κ3) is 5.06. The van der Waals surface area contributed by atoms with Crippen molar-refractivity contribution in [2.45, 2.75) is 83.1 Å². The number of hydrogen-bond acceptors (Lipinski definition) is 5. The van der Waals surface area contributed by atoms with Gasteiger partial charge in [0.15, 0.2) is 0 Å². The number of carbonyl (C=O) groups excluding carboxylic acids is 2. The molecular formula is C24H33N3O5. The number of ether oxygens (including phenoxy) is 1. The zero-order valence-corrected chi connectivity index (χ0v) is 18.7. The van der Waals surface area contributed by atoms with Crippen molar-refractivity contribution in [2.24, 2.45) is 0 Å². The summed E-state index contributed by atoms with van der Waals surface area (Å²) in [4.78, 5) is 40.3. The molecule has 3 aliphatic heterocycles. The first-order valence-electron chi connectivity index (χ1n) is 11.7. The molecule has 1 aromatic carbocycles. The standard InChI is InChI=1S/C24H33N3O5/c1-16-7-4-2-3-5-8-17-9-6-10-18-13-26(15-20(17)18)24(31)32-19-11-21(23(29)30)27(14-19)22(28)12-25-16/h6,9-10,16,19,21,25H,2-5,7-8,11-15H2,1H3,(H,29,30)/t16?,19-,21+/m1/s1. The molecule has 3 heterocycles. The van der Waals surface area contributed by atoms with E-state index in [0.29, 0.717) is 13.1 Å². The van der Waals surface area contributed by atoms with Crippen LogP contribution in [-0.2, 0) is 33.8 Å². The molecule has 2 N–H and O–H groups in total. The second kappa shape index (κ2) is 9.90. The molecule has 3 atom stereocenters. The minimum Gasteiger partial charge on any atom is -0.480 e. The van der Waals surface area contributed by atoms with E-state index in [1.54, 1.807) is 4.90 Å². The van der Waals surface area contributed by atoms with Crippen molar-refractivity contribution < 1.29 is 24.2 Å². The van der Waals surface area contributed by atoms with Crippen LogP contribution in [0.3, 0.4) is 0 Å². The third-order valence-electron chi connectivity index (χ3n) is 6.91. The largest absolute Gasteiger partial charge is 0.480 e. The highest BCUT2D eigenvalue weighted by atomic mass is 16.6. The number of rotatable bonds is 1. The summed E-state index contributed by atoms with van der Waals surface area (Å²) >= 11 is 0. The second-order valence-electron chi connectivity index (χ2n) is 9.29. The Morgan fingerprint density at radius 2 is 1.91 bits per heavy atom. The molecule has 0 aromatic heterocycles. The Morgan fingerprint density at radius 1 is 1.12 bits per heavy atom. The number of hydrogen-bond donors (Lipinski definition) is 2. The van der Waals surface area contributed by atoms with E-state index in [1.165, 1.54) is 16.0 Å². The minimum atomic E-state index is -1.06. The quantitative estimate of drug-likeness (QED) is 0.692. The van der Waals surface area contributed by atoms with Crippen LogP contribution >= 0.6 is 0 Å². The van der Waals surface area contributed by atoms with Crippen molar-refractivity contribution in [1.82, 2.24) is 15.1 Å². The maximum absolute atomic E-state index is 12.9. The van der Waals surface area contributed by atoms with Crippen LogP contribution in [0.2, 0.25) is 0 Å². The summed E-state index contributed by atoms with van der Waals surface area (Å²) in [6.07, 6.45) is 5.55. The number of nitrogens with one attached hydrogen (secondary N) is 1. The molecule has 4 bridgehead atoms. The minimum absolute atomic E-state index is 0.0921. The first kappa shape index (κ1) is 22.6. The maximum atomic E-state index is 12.9. The predicted octanol–water partition coefficient (Wildman–Crippen LogP) is 2.68. The molecule has 3 aliphatic rings. The topological polar surface area (TPSA) is 99.2 Å². The third-order valence-corrected chi connectivity index (χ3v) is 6.91. The molecule has 174 valence electrons. The molecule has 32 heavy (non-hydrogen) atoms. The molecule has 1 unspecified atom stereocenters. The van der Waals surface area contributed by atoms with Gasteiger partial charge in [0, 0.05) is 25.6 Å². The van der Waals surface area contributed by atoms with E-state index in [2.05, 4.69) is 30.4 Å². The van der Waals surface area contributed by atoms with Crippen LogP contribution in [0.4, 0.5) is 4.79 Å². The monoisotopic (exact) mass is 443 g/mol. The van der Waals surface area contributed by atoms with Gasteiger partial charge in [0.1, 0.15) is 12.1 Å². The molecule has 8 nitrogen and oxygen atoms in total. The van der Waals surface area contributed by atoms with Gasteiger partial charge in [0.2, 0.25) is 5.91 Å². The number of carboxylic acid groups (broad SMARTS) is 1. The van der Waals surface area contributed by atoms with Gasteiger partial charge in [0.05, 0.1) is 13.1 Å². The first-order chi connectivity index (χ1) is 15.4. The molecule has 1 fully saturated rings. The van der Waals surface area contributed by atoms with Gasteiger partial charge in [-0.3, -0.25) is 9.69 Å². The average molecular weight is 444 g/mol. The Labute approximate surface area is 188 Å². The summed E-state index contributed by atoms with van der Waals surface area (Å²) in [6.45, 7) is 3.28. The predicted molar refractivity (Wildman–Crippen MR) is 118 cm³/mol. The fraction of sp³-hybridized carbons (Fsp3) is 0.625. The van der Waals surface area contributed by atoms with Crippen molar-refractivity contribution in [2.75, 3.05) is 13.1 Å². The highest BCUT2D eigenvalue weighted by molar-refractivity contribution is 5.85. The van der Waals surface area contributed by atoms with E-state index in [-0.39, 0.29) is 31.5 Å². The number of carbonyl (C=O) groups is 3. The number of aliphatic carboxylic acids is 1. The van der Waals surface area contributed by atoms with Crippen LogP contribution in [0, 0.1) is 0 Å². The molecule has 0 radical (unpaired) electrons. The molecule has 0 spiro atoms. The molecule has 4 rings (SSSR count). The van der Waals surface area contributed by atoms with Gasteiger partial charge >= 0.3 is 12.1 Å². The van der Waals surface area contributed by atoms with Crippen molar-refractivity contribution in [3.05, 3.63) is 34.9 Å². The smallest absolute Gasteiger partial charge is 0.410 e. The molecule has 1 saturated heterocycles. The van der Waals surface area contributed by atoms with Crippen LogP contribution in [0.1, 0.15) is 62.1 Å². The maximum Gasteiger partial charge on any atom is 0.410 e. The van der Waals surface area contributed by atoms with E-state index >= 15 is 0 Å². The SMILES string of the molecule is CC1CCCCCCc2cccc3c2CN(C3)C(=O)O[C@@H]2C[C@@H](C(=O)O)N(C2)C(=O)CN1. The number of nitrogens with zero attached hydrogens (tertiary/aromatic N) is 2. The van der Waals surface area contributed by atoms with E-state index in [4.69, 9.17) is 4.74 Å². The van der Waals surface area contributed by atoms with Gasteiger partial charge < -0.3 is 20.1 Å². The number of aryl methyl sites for hydroxylation is 1. The number of amides is 2. The molecule has 2 amide bonds. The fourth-order valence-electron chi connectivity index (χ4n) is 5.05. The lowest BCUT2D eigenvalue weighted by Gasteiger charge is -2.23. The first-order valence-corrected chi connectivity index (χ1v) is 11.7. The lowest BCUT2D eigenvalue weighted by atomic mass is 9.98. The highest BCUT2D eigenvalue weighted by Crippen LogP contribution is 2.29. The van der Waals surface area contributed by atoms with Crippen molar-refractivity contribution in [3.63, 3.8) is 0 Å². The second-order valence-corrected chi connectivity index (χ2v) is 9.29. The number of carboxylic acids is 1. The summed E-state index contributed by atoms with van der Waals surface area (Å²) in [5.41, 5.74) is 3.67. The van der Waals surface area contributed by atoms with Crippen molar-refractivity contribution in [3.8, 4) is 0 Å². The molecular weight excluding hydrogens is 410 g/mol. The lowest BCUT2D eigenvalue weighted by Crippen LogP contribution is -2.46. The number of benzene rings is 1. The van der Waals surface area contributed by atoms with Crippen molar-refractivity contribution in [1.29, 1.82) is 0 Å². The van der Waals surface area contributed by atoms with E-state index in [9.17, 15) is 19.5 Å². The Kier molecular flexibility index (Phi) is 6.98. The van der Waals surface area contributed by atoms with Gasteiger partial charge in [-0.05, 0) is 42.9 Å². The van der Waals surface area contributed by atoms with Gasteiger partial charge in [0.25, 0.3) is 0 Å². The molecule has 0 aliphatic carbocycles. The number of fused-ring (bicyclic) bond motifs is 3. The van der Waals surface area contributed by atoms with E-state index in [1.807, 2.05) is 0 Å². The van der Waals surface area contributed by atoms with Crippen molar-refractivity contribution >= 4 is 18.0 Å². The van der Waals surface area contributed by atoms with Gasteiger partial charge in [-0.2, -0.15) is 0 Å². The average Bonchev–Trinajstić information content (AvgIpc) is 3.39. The zero-order chi connectivity index (χ0) is 22.7. The Balaban J connectivity index is 1.50. The van der Waals surface area contributed by atoms with Crippen LogP contribution in [-0.4, -0.2) is 64.2 Å². The van der Waals surface area contributed by atoms with Gasteiger partial charge in [-0.1, -0.05) is 37.5 Å². The Bertz CT molecular complexity index is 873. The zero-order valence-electron chi connectivity index (χ0n) is 18.7. The van der Waals surface area contributed by atoms with Gasteiger partial charge in [-0.15, -0.1) is 0 Å². The van der Waals surface area contributed by atoms with E-state index < -0.39 is 24.2 Å². The summed E-state index contributed by atoms with van der Waals surface area (Å²) in [5.74, 6) is -1.33. The van der Waals surface area contributed by atoms with Crippen LogP contribution in [0.15, 0.2) is 18.2 Å². The molecule has 8 heteroatoms. The lowest BCUT2D eigenvalue weighted by molar-refractivity contribution is -0.147. The van der Waals surface area contributed by atoms with E-state index in [0.717, 1.165) is 44.1 Å². The Morgan fingerprint density at radius 3 is 2.72 bits per heavy atom. The molecule has 1 aromatic rings. The summed E-state index contributed by atoms with van der Waals surface area (Å²) < 4.78 is 5.67. The fourth-order valence-corrected chi connectivity index (χ4v) is 5.05. The highest BCUT2D eigenvalue weighted by Gasteiger charge is 2.42. The summed E-state index contributed by atoms with van der Waals surface area (Å²) in [7, 11) is 0. The van der Waals surface area contributed by atoms with Crippen LogP contribution < -0.4 is 5.32 Å².